The zero-order valence-corrected chi connectivity index (χ0v) is 16.9. The lowest BCUT2D eigenvalue weighted by Gasteiger charge is -2.18. The summed E-state index contributed by atoms with van der Waals surface area (Å²) in [4.78, 5) is 0. The first-order valence-corrected chi connectivity index (χ1v) is 11.3. The molecule has 0 fully saturated rings. The summed E-state index contributed by atoms with van der Waals surface area (Å²) < 4.78 is 44.1. The summed E-state index contributed by atoms with van der Waals surface area (Å²) in [5.74, 6) is 0.116. The molecule has 0 bridgehead atoms. The first kappa shape index (κ1) is 25.5. The van der Waals surface area contributed by atoms with Crippen LogP contribution in [0.1, 0.15) is 53.4 Å². The van der Waals surface area contributed by atoms with Gasteiger partial charge in [-0.3, -0.25) is 0 Å². The molecule has 0 aliphatic carbocycles. The first-order valence-electron chi connectivity index (χ1n) is 8.11. The average molecular weight is 383 g/mol. The molecule has 0 spiro atoms. The number of sulfonamides is 2. The van der Waals surface area contributed by atoms with Gasteiger partial charge in [0.2, 0.25) is 20.0 Å². The number of primary sulfonamides is 2. The summed E-state index contributed by atoms with van der Waals surface area (Å²) in [6.07, 6.45) is 5.95. The number of allylic oxidation sites excluding steroid dienone is 2. The zero-order valence-electron chi connectivity index (χ0n) is 15.3. The molecule has 0 heterocycles. The minimum atomic E-state index is -3.38. The van der Waals surface area contributed by atoms with Crippen LogP contribution >= 0.6 is 0 Å². The molecule has 0 aromatic heterocycles. The van der Waals surface area contributed by atoms with E-state index in [0.29, 0.717) is 25.7 Å². The minimum Gasteiger partial charge on any atom is -0.228 e. The first-order chi connectivity index (χ1) is 10.9. The van der Waals surface area contributed by atoms with Crippen LogP contribution in [0.3, 0.4) is 0 Å². The highest BCUT2D eigenvalue weighted by molar-refractivity contribution is 7.90. The molecule has 144 valence electrons. The van der Waals surface area contributed by atoms with Crippen molar-refractivity contribution in [1.82, 2.24) is 0 Å². The van der Waals surface area contributed by atoms with E-state index in [9.17, 15) is 16.8 Å². The monoisotopic (exact) mass is 382 g/mol. The van der Waals surface area contributed by atoms with E-state index in [1.807, 2.05) is 27.7 Å². The Hall–Kier alpha value is -0.700. The van der Waals surface area contributed by atoms with Gasteiger partial charge in [0, 0.05) is 0 Å². The molecule has 24 heavy (non-hydrogen) atoms. The lowest BCUT2D eigenvalue weighted by molar-refractivity contribution is 0.499. The molecule has 0 aliphatic rings. The second-order valence-electron chi connectivity index (χ2n) is 6.07. The molecule has 0 aromatic carbocycles. The maximum atomic E-state index is 11.0. The summed E-state index contributed by atoms with van der Waals surface area (Å²) in [5.41, 5.74) is 0. The van der Waals surface area contributed by atoms with Crippen molar-refractivity contribution >= 4 is 20.0 Å². The topological polar surface area (TPSA) is 120 Å². The minimum absolute atomic E-state index is 0.0579. The molecule has 4 N–H and O–H groups in total. The van der Waals surface area contributed by atoms with E-state index >= 15 is 0 Å². The Kier molecular flexibility index (Phi) is 12.5. The van der Waals surface area contributed by atoms with Crippen LogP contribution in [0.4, 0.5) is 0 Å². The van der Waals surface area contributed by atoms with Gasteiger partial charge >= 0.3 is 0 Å². The smallest absolute Gasteiger partial charge is 0.212 e. The van der Waals surface area contributed by atoms with Gasteiger partial charge in [0.15, 0.2) is 0 Å². The second kappa shape index (κ2) is 11.8. The fraction of sp³-hybridized carbons (Fsp3) is 0.750. The van der Waals surface area contributed by atoms with Crippen LogP contribution in [0, 0.1) is 11.8 Å². The second-order valence-corrected chi connectivity index (χ2v) is 9.64. The summed E-state index contributed by atoms with van der Waals surface area (Å²) in [6, 6.07) is 0. The molecule has 6 nitrogen and oxygen atoms in total. The standard InChI is InChI=1S/2C8H17NO2S/c2*1-4-6-7(3)8(5-2)12(9,10)11/h2*4,7-8H,1,5-6H2,2-3H3,(H2,9,10,11)/t7-,8+;7-,8-/m00/s1. The largest absolute Gasteiger partial charge is 0.228 e. The third kappa shape index (κ3) is 10.2. The number of rotatable bonds is 10. The van der Waals surface area contributed by atoms with Gasteiger partial charge in [-0.05, 0) is 37.5 Å². The van der Waals surface area contributed by atoms with E-state index in [0.717, 1.165) is 0 Å². The molecule has 0 saturated carbocycles. The average Bonchev–Trinajstić information content (AvgIpc) is 2.38. The van der Waals surface area contributed by atoms with E-state index in [2.05, 4.69) is 13.2 Å². The maximum Gasteiger partial charge on any atom is 0.212 e. The van der Waals surface area contributed by atoms with Gasteiger partial charge in [0.1, 0.15) is 0 Å². The Morgan fingerprint density at radius 1 is 0.792 bits per heavy atom. The maximum absolute atomic E-state index is 11.0. The molecular weight excluding hydrogens is 348 g/mol. The molecule has 4 atom stereocenters. The number of hydrogen-bond donors (Lipinski definition) is 2. The highest BCUT2D eigenvalue weighted by Gasteiger charge is 2.25. The van der Waals surface area contributed by atoms with Gasteiger partial charge in [0.25, 0.3) is 0 Å². The van der Waals surface area contributed by atoms with Crippen molar-refractivity contribution in [1.29, 1.82) is 0 Å². The molecule has 0 unspecified atom stereocenters. The number of hydrogen-bond acceptors (Lipinski definition) is 4. The highest BCUT2D eigenvalue weighted by Crippen LogP contribution is 2.18. The van der Waals surface area contributed by atoms with E-state index in [4.69, 9.17) is 10.3 Å². The predicted octanol–water partition coefficient (Wildman–Crippen LogP) is 2.53. The molecule has 0 rings (SSSR count). The Labute approximate surface area is 148 Å². The van der Waals surface area contributed by atoms with Crippen LogP contribution in [0.15, 0.2) is 25.3 Å². The van der Waals surface area contributed by atoms with Crippen molar-refractivity contribution in [2.45, 2.75) is 63.9 Å². The van der Waals surface area contributed by atoms with Crippen molar-refractivity contribution in [3.63, 3.8) is 0 Å². The summed E-state index contributed by atoms with van der Waals surface area (Å²) in [7, 11) is -6.77. The van der Waals surface area contributed by atoms with Crippen LogP contribution in [0.25, 0.3) is 0 Å². The van der Waals surface area contributed by atoms with Crippen LogP contribution < -0.4 is 10.3 Å². The van der Waals surface area contributed by atoms with Gasteiger partial charge < -0.3 is 0 Å². The molecule has 0 aliphatic heterocycles. The van der Waals surface area contributed by atoms with Gasteiger partial charge in [-0.1, -0.05) is 39.8 Å². The fourth-order valence-corrected chi connectivity index (χ4v) is 5.19. The molecule has 0 radical (unpaired) electrons. The summed E-state index contributed by atoms with van der Waals surface area (Å²) in [6.45, 7) is 14.5. The molecule has 0 saturated heterocycles. The van der Waals surface area contributed by atoms with Crippen molar-refractivity contribution in [3.8, 4) is 0 Å². The predicted molar refractivity (Wildman–Crippen MR) is 102 cm³/mol. The van der Waals surface area contributed by atoms with Crippen LogP contribution in [-0.4, -0.2) is 27.3 Å². The lowest BCUT2D eigenvalue weighted by atomic mass is 10.0. The quantitative estimate of drug-likeness (QED) is 0.564. The number of nitrogens with two attached hydrogens (primary N) is 2. The molecule has 0 aromatic rings. The van der Waals surface area contributed by atoms with Gasteiger partial charge in [-0.2, -0.15) is 0 Å². The van der Waals surface area contributed by atoms with Crippen LogP contribution in [0.5, 0.6) is 0 Å². The Bertz CT molecular complexity index is 519. The Balaban J connectivity index is 0. The highest BCUT2D eigenvalue weighted by atomic mass is 32.2. The van der Waals surface area contributed by atoms with Gasteiger partial charge in [0.05, 0.1) is 10.5 Å². The summed E-state index contributed by atoms with van der Waals surface area (Å²) >= 11 is 0. The van der Waals surface area contributed by atoms with Crippen LogP contribution in [-0.2, 0) is 20.0 Å². The third-order valence-corrected chi connectivity index (χ3v) is 7.28. The lowest BCUT2D eigenvalue weighted by Crippen LogP contribution is -2.33. The Morgan fingerprint density at radius 2 is 1.04 bits per heavy atom. The molecule has 0 amide bonds. The van der Waals surface area contributed by atoms with Crippen molar-refractivity contribution in [2.24, 2.45) is 22.1 Å². The van der Waals surface area contributed by atoms with Gasteiger partial charge in [-0.15, -0.1) is 13.2 Å². The SMILES string of the molecule is C=CC[C@H](C)[C@@H](CC)S(N)(=O)=O.C=CC[C@H](C)[C@H](CC)S(N)(=O)=O. The normalized spacial score (nSPS) is 16.9. The molecule has 8 heteroatoms. The van der Waals surface area contributed by atoms with E-state index in [1.165, 1.54) is 0 Å². The van der Waals surface area contributed by atoms with Gasteiger partial charge in [-0.25, -0.2) is 27.1 Å². The fourth-order valence-electron chi connectivity index (χ4n) is 2.75. The van der Waals surface area contributed by atoms with Crippen molar-refractivity contribution in [2.75, 3.05) is 0 Å². The van der Waals surface area contributed by atoms with E-state index in [1.54, 1.807) is 12.2 Å². The van der Waals surface area contributed by atoms with E-state index in [-0.39, 0.29) is 11.8 Å². The van der Waals surface area contributed by atoms with E-state index < -0.39 is 30.5 Å². The van der Waals surface area contributed by atoms with Crippen molar-refractivity contribution in [3.05, 3.63) is 25.3 Å². The van der Waals surface area contributed by atoms with Crippen molar-refractivity contribution < 1.29 is 16.8 Å². The third-order valence-electron chi connectivity index (χ3n) is 3.99. The summed E-state index contributed by atoms with van der Waals surface area (Å²) in [5, 5.41) is 9.25. The Morgan fingerprint density at radius 3 is 1.17 bits per heavy atom. The molecular formula is C16H34N2O4S2. The van der Waals surface area contributed by atoms with Crippen LogP contribution in [0.2, 0.25) is 0 Å². The zero-order chi connectivity index (χ0) is 19.6.